The summed E-state index contributed by atoms with van der Waals surface area (Å²) in [5, 5.41) is 3.44. The minimum atomic E-state index is -3.32. The van der Waals surface area contributed by atoms with Gasteiger partial charge in [0.1, 0.15) is 5.69 Å². The van der Waals surface area contributed by atoms with Crippen molar-refractivity contribution in [3.05, 3.63) is 60.4 Å². The van der Waals surface area contributed by atoms with E-state index >= 15 is 0 Å². The zero-order chi connectivity index (χ0) is 24.3. The summed E-state index contributed by atoms with van der Waals surface area (Å²) in [7, 11) is -3.32. The van der Waals surface area contributed by atoms with Crippen LogP contribution in [0.25, 0.3) is 11.3 Å². The van der Waals surface area contributed by atoms with Crippen LogP contribution in [0.1, 0.15) is 24.3 Å². The largest absolute Gasteiger partial charge is 0.380 e. The summed E-state index contributed by atoms with van der Waals surface area (Å²) in [4.78, 5) is 24.9. The first-order valence-electron chi connectivity index (χ1n) is 11.2. The number of rotatable bonds is 7. The zero-order valence-corrected chi connectivity index (χ0v) is 20.4. The Kier molecular flexibility index (Phi) is 6.78. The Morgan fingerprint density at radius 1 is 1.03 bits per heavy atom. The molecule has 3 N–H and O–H groups in total. The predicted octanol–water partition coefficient (Wildman–Crippen LogP) is 3.23. The molecule has 1 aliphatic heterocycles. The second-order valence-corrected chi connectivity index (χ2v) is 10.4. The second kappa shape index (κ2) is 9.76. The molecule has 1 fully saturated rings. The number of pyridine rings is 1. The lowest BCUT2D eigenvalue weighted by molar-refractivity contribution is 0.0741. The van der Waals surface area contributed by atoms with Crippen LogP contribution in [0.5, 0.6) is 0 Å². The van der Waals surface area contributed by atoms with E-state index in [0.29, 0.717) is 43.6 Å². The minimum Gasteiger partial charge on any atom is -0.380 e. The standard InChI is InChI=1S/C24H30N6O3S/c1-17(2)26-21-5-4-12-25-23(21)29-13-15-30(16-14-29)24(31)22-11-10-20(27-22)18-6-8-19(9-7-18)28-34(3,32)33/h4-12,17,26-28H,13-16H2,1-3H3. The van der Waals surface area contributed by atoms with E-state index in [-0.39, 0.29) is 5.91 Å². The molecule has 34 heavy (non-hydrogen) atoms. The monoisotopic (exact) mass is 482 g/mol. The van der Waals surface area contributed by atoms with E-state index in [1.807, 2.05) is 35.2 Å². The quantitative estimate of drug-likeness (QED) is 0.477. The lowest BCUT2D eigenvalue weighted by Gasteiger charge is -2.36. The van der Waals surface area contributed by atoms with Crippen molar-refractivity contribution < 1.29 is 13.2 Å². The smallest absolute Gasteiger partial charge is 0.270 e. The van der Waals surface area contributed by atoms with Crippen LogP contribution in [-0.2, 0) is 10.0 Å². The van der Waals surface area contributed by atoms with Gasteiger partial charge in [0.15, 0.2) is 5.82 Å². The van der Waals surface area contributed by atoms with Crippen LogP contribution in [0.3, 0.4) is 0 Å². The van der Waals surface area contributed by atoms with Crippen LogP contribution < -0.4 is 14.9 Å². The van der Waals surface area contributed by atoms with Gasteiger partial charge in [-0.2, -0.15) is 0 Å². The van der Waals surface area contributed by atoms with Crippen molar-refractivity contribution in [1.29, 1.82) is 0 Å². The Morgan fingerprint density at radius 3 is 2.38 bits per heavy atom. The summed E-state index contributed by atoms with van der Waals surface area (Å²) in [6.07, 6.45) is 2.91. The molecule has 1 aliphatic rings. The molecule has 3 heterocycles. The fourth-order valence-electron chi connectivity index (χ4n) is 3.98. The number of benzene rings is 1. The van der Waals surface area contributed by atoms with E-state index < -0.39 is 10.0 Å². The number of nitrogens with one attached hydrogen (secondary N) is 3. The average molecular weight is 483 g/mol. The number of aromatic amines is 1. The van der Waals surface area contributed by atoms with Gasteiger partial charge in [-0.1, -0.05) is 12.1 Å². The maximum absolute atomic E-state index is 13.1. The minimum absolute atomic E-state index is 0.0391. The number of hydrogen-bond donors (Lipinski definition) is 3. The van der Waals surface area contributed by atoms with Crippen LogP contribution in [-0.4, -0.2) is 67.7 Å². The number of piperazine rings is 1. The Bertz CT molecular complexity index is 1250. The summed E-state index contributed by atoms with van der Waals surface area (Å²) < 4.78 is 25.2. The first-order chi connectivity index (χ1) is 16.2. The molecular weight excluding hydrogens is 452 g/mol. The highest BCUT2D eigenvalue weighted by Gasteiger charge is 2.25. The van der Waals surface area contributed by atoms with Crippen molar-refractivity contribution >= 4 is 33.1 Å². The first-order valence-corrected chi connectivity index (χ1v) is 13.1. The third kappa shape index (κ3) is 5.69. The number of sulfonamides is 1. The van der Waals surface area contributed by atoms with Gasteiger partial charge in [0.05, 0.1) is 11.9 Å². The van der Waals surface area contributed by atoms with E-state index in [1.165, 1.54) is 0 Å². The topological polar surface area (TPSA) is 110 Å². The maximum atomic E-state index is 13.1. The van der Waals surface area contributed by atoms with E-state index in [2.05, 4.69) is 38.8 Å². The highest BCUT2D eigenvalue weighted by atomic mass is 32.2. The highest BCUT2D eigenvalue weighted by molar-refractivity contribution is 7.92. The van der Waals surface area contributed by atoms with Gasteiger partial charge in [-0.05, 0) is 55.8 Å². The van der Waals surface area contributed by atoms with E-state index in [1.54, 1.807) is 24.4 Å². The summed E-state index contributed by atoms with van der Waals surface area (Å²) in [6, 6.07) is 14.9. The maximum Gasteiger partial charge on any atom is 0.270 e. The van der Waals surface area contributed by atoms with Crippen LogP contribution in [0.2, 0.25) is 0 Å². The number of H-pyrrole nitrogens is 1. The van der Waals surface area contributed by atoms with Crippen molar-refractivity contribution in [2.24, 2.45) is 0 Å². The molecule has 0 radical (unpaired) electrons. The van der Waals surface area contributed by atoms with Crippen molar-refractivity contribution in [2.75, 3.05) is 47.4 Å². The van der Waals surface area contributed by atoms with E-state index in [0.717, 1.165) is 29.0 Å². The van der Waals surface area contributed by atoms with Crippen molar-refractivity contribution in [2.45, 2.75) is 19.9 Å². The molecule has 1 saturated heterocycles. The normalized spacial score (nSPS) is 14.4. The molecule has 0 aliphatic carbocycles. The number of amides is 1. The lowest BCUT2D eigenvalue weighted by Crippen LogP contribution is -2.49. The lowest BCUT2D eigenvalue weighted by atomic mass is 10.1. The van der Waals surface area contributed by atoms with Crippen LogP contribution in [0.4, 0.5) is 17.2 Å². The number of nitrogens with zero attached hydrogens (tertiary/aromatic N) is 3. The molecule has 0 saturated carbocycles. The van der Waals surface area contributed by atoms with E-state index in [9.17, 15) is 13.2 Å². The van der Waals surface area contributed by atoms with Crippen molar-refractivity contribution in [3.63, 3.8) is 0 Å². The Hall–Kier alpha value is -3.53. The van der Waals surface area contributed by atoms with Gasteiger partial charge < -0.3 is 20.1 Å². The van der Waals surface area contributed by atoms with Crippen molar-refractivity contribution in [3.8, 4) is 11.3 Å². The molecule has 0 spiro atoms. The molecular formula is C24H30N6O3S. The fraction of sp³-hybridized carbons (Fsp3) is 0.333. The zero-order valence-electron chi connectivity index (χ0n) is 19.6. The van der Waals surface area contributed by atoms with Gasteiger partial charge in [-0.15, -0.1) is 0 Å². The van der Waals surface area contributed by atoms with Crippen LogP contribution in [0.15, 0.2) is 54.7 Å². The molecule has 0 bridgehead atoms. The SMILES string of the molecule is CC(C)Nc1cccnc1N1CCN(C(=O)c2ccc(-c3ccc(NS(C)(=O)=O)cc3)[nH]2)CC1. The molecule has 1 amide bonds. The molecule has 4 rings (SSSR count). The number of hydrogen-bond acceptors (Lipinski definition) is 6. The Morgan fingerprint density at radius 2 is 1.74 bits per heavy atom. The summed E-state index contributed by atoms with van der Waals surface area (Å²) in [5.41, 5.74) is 3.69. The molecule has 2 aromatic heterocycles. The predicted molar refractivity (Wildman–Crippen MR) is 136 cm³/mol. The Labute approximate surface area is 200 Å². The van der Waals surface area contributed by atoms with E-state index in [4.69, 9.17) is 0 Å². The molecule has 3 aromatic rings. The Balaban J connectivity index is 1.39. The van der Waals surface area contributed by atoms with Gasteiger partial charge >= 0.3 is 0 Å². The summed E-state index contributed by atoms with van der Waals surface area (Å²) >= 11 is 0. The summed E-state index contributed by atoms with van der Waals surface area (Å²) in [6.45, 7) is 6.82. The van der Waals surface area contributed by atoms with Crippen LogP contribution in [0, 0.1) is 0 Å². The molecule has 0 unspecified atom stereocenters. The fourth-order valence-corrected chi connectivity index (χ4v) is 4.55. The van der Waals surface area contributed by atoms with Gasteiger partial charge in [0.2, 0.25) is 10.0 Å². The molecule has 0 atom stereocenters. The second-order valence-electron chi connectivity index (χ2n) is 8.69. The number of anilines is 3. The van der Waals surface area contributed by atoms with Gasteiger partial charge in [-0.25, -0.2) is 13.4 Å². The summed E-state index contributed by atoms with van der Waals surface area (Å²) in [5.74, 6) is 0.877. The average Bonchev–Trinajstić information content (AvgIpc) is 3.28. The van der Waals surface area contributed by atoms with Crippen LogP contribution >= 0.6 is 0 Å². The first kappa shape index (κ1) is 23.6. The van der Waals surface area contributed by atoms with Crippen molar-refractivity contribution in [1.82, 2.24) is 14.9 Å². The molecule has 9 nitrogen and oxygen atoms in total. The molecule has 1 aromatic carbocycles. The molecule has 180 valence electrons. The molecule has 10 heteroatoms. The van der Waals surface area contributed by atoms with Gasteiger partial charge in [0.25, 0.3) is 5.91 Å². The number of aromatic nitrogens is 2. The van der Waals surface area contributed by atoms with Gasteiger partial charge in [0, 0.05) is 49.8 Å². The third-order valence-corrected chi connectivity index (χ3v) is 6.12. The third-order valence-electron chi connectivity index (χ3n) is 5.51. The number of carbonyl (C=O) groups excluding carboxylic acids is 1. The van der Waals surface area contributed by atoms with Gasteiger partial charge in [-0.3, -0.25) is 9.52 Å². The highest BCUT2D eigenvalue weighted by Crippen LogP contribution is 2.26. The number of carbonyl (C=O) groups is 1.